The van der Waals surface area contributed by atoms with Gasteiger partial charge in [0, 0.05) is 60.9 Å². The Bertz CT molecular complexity index is 2680. The maximum atomic E-state index is 12.5. The van der Waals surface area contributed by atoms with Crippen LogP contribution in [-0.4, -0.2) is 171 Å². The molecule has 4 aromatic carbocycles. The minimum atomic E-state index is -4.62. The fourth-order valence-corrected chi connectivity index (χ4v) is 6.59. The van der Waals surface area contributed by atoms with Gasteiger partial charge < -0.3 is 9.97 Å². The number of hydrogen-bond acceptors (Lipinski definition) is 8. The van der Waals surface area contributed by atoms with Crippen molar-refractivity contribution in [1.29, 1.82) is 0 Å². The number of aromatic amines is 2. The topological polar surface area (TPSA) is 163 Å². The van der Waals surface area contributed by atoms with Crippen molar-refractivity contribution in [2.45, 2.75) is 4.90 Å². The normalized spacial score (nSPS) is 11.1. The number of benzene rings is 4. The van der Waals surface area contributed by atoms with E-state index >= 15 is 0 Å². The summed E-state index contributed by atoms with van der Waals surface area (Å²) in [7, 11) is -4.62. The summed E-state index contributed by atoms with van der Waals surface area (Å²) in [5, 5.41) is 2.36. The Morgan fingerprint density at radius 1 is 0.449 bits per heavy atom. The van der Waals surface area contributed by atoms with Crippen LogP contribution >= 0.6 is 0 Å². The molecule has 2 aliphatic heterocycles. The molecule has 3 aromatic heterocycles. The van der Waals surface area contributed by atoms with E-state index in [2.05, 4.69) is 9.97 Å². The zero-order valence-electron chi connectivity index (χ0n) is 22.9. The van der Waals surface area contributed by atoms with Gasteiger partial charge in [-0.1, -0.05) is 84.9 Å². The summed E-state index contributed by atoms with van der Waals surface area (Å²) in [6, 6.07) is 27.6. The van der Waals surface area contributed by atoms with Crippen molar-refractivity contribution in [3.8, 4) is 45.6 Å². The van der Waals surface area contributed by atoms with Gasteiger partial charge >= 0.3 is 118 Å². The molecule has 226 valence electrons. The zero-order valence-corrected chi connectivity index (χ0v) is 24.8. The number of aromatic nitrogens is 8. The van der Waals surface area contributed by atoms with Crippen molar-refractivity contribution in [1.82, 2.24) is 39.9 Å². The quantitative estimate of drug-likeness (QED) is 0.169. The molecule has 5 heterocycles. The van der Waals surface area contributed by atoms with Crippen molar-refractivity contribution >= 4 is 172 Å². The van der Waals surface area contributed by atoms with Crippen LogP contribution in [0.15, 0.2) is 95.9 Å². The van der Waals surface area contributed by atoms with E-state index in [9.17, 15) is 13.0 Å². The molecule has 0 unspecified atom stereocenters. The van der Waals surface area contributed by atoms with E-state index in [0.29, 0.717) is 45.6 Å². The van der Waals surface area contributed by atoms with E-state index in [-0.39, 0.29) is 151 Å². The molecule has 0 fully saturated rings. The Balaban J connectivity index is 0.00000108. The molecule has 2 aliphatic rings. The van der Waals surface area contributed by atoms with Gasteiger partial charge in [-0.25, -0.2) is 29.9 Å². The summed E-state index contributed by atoms with van der Waals surface area (Å²) in [5.74, 6) is 1.60. The molecule has 0 saturated carbocycles. The summed E-state index contributed by atoms with van der Waals surface area (Å²) < 4.78 is 35.2. The van der Waals surface area contributed by atoms with Crippen LogP contribution in [0.1, 0.15) is 0 Å². The van der Waals surface area contributed by atoms with Crippen LogP contribution in [-0.2, 0) is 27.2 Å². The van der Waals surface area contributed by atoms with Crippen molar-refractivity contribution in [2.24, 2.45) is 0 Å². The van der Waals surface area contributed by atoms with Gasteiger partial charge in [0.25, 0.3) is 10.1 Å². The Labute approximate surface area is 378 Å². The molecule has 0 spiro atoms. The number of nitrogens with zero attached hydrogens (tertiary/aromatic N) is 6. The van der Waals surface area contributed by atoms with E-state index in [0.717, 1.165) is 33.0 Å². The first-order chi connectivity index (χ1) is 21.4. The third-order valence-electron chi connectivity index (χ3n) is 7.82. The molecule has 8 bridgehead atoms. The van der Waals surface area contributed by atoms with E-state index in [1.54, 1.807) is 12.1 Å². The second-order valence-electron chi connectivity index (χ2n) is 10.4. The molecule has 0 atom stereocenters. The number of nitrogens with one attached hydrogen (secondary N) is 2. The first-order valence-corrected chi connectivity index (χ1v) is 15.1. The first-order valence-electron chi connectivity index (χ1n) is 13.6. The number of H-pyrrole nitrogens is 2. The van der Waals surface area contributed by atoms with Crippen molar-refractivity contribution in [3.05, 3.63) is 91.0 Å². The van der Waals surface area contributed by atoms with Crippen molar-refractivity contribution in [2.75, 3.05) is 0 Å². The predicted molar refractivity (Wildman–Crippen MR) is 194 cm³/mol. The molecule has 0 saturated heterocycles. The van der Waals surface area contributed by atoms with Gasteiger partial charge in [0.1, 0.15) is 27.5 Å². The molecular formula is C32H22FeN8Na4O3S. The average Bonchev–Trinajstić information content (AvgIpc) is 3.76. The number of rotatable bonds is 1. The van der Waals surface area contributed by atoms with Gasteiger partial charge in [0.05, 0.1) is 0 Å². The molecule has 3 N–H and O–H groups in total. The van der Waals surface area contributed by atoms with Crippen LogP contribution in [0.5, 0.6) is 0 Å². The van der Waals surface area contributed by atoms with Crippen molar-refractivity contribution < 1.29 is 30.0 Å². The molecule has 0 radical (unpaired) electrons. The monoisotopic (exact) mass is 746 g/mol. The molecule has 49 heavy (non-hydrogen) atoms. The summed E-state index contributed by atoms with van der Waals surface area (Å²) in [4.78, 5) is 35.4. The van der Waals surface area contributed by atoms with Gasteiger partial charge in [-0.2, -0.15) is 8.42 Å². The molecule has 17 heteroatoms. The Morgan fingerprint density at radius 3 is 1.22 bits per heavy atom. The maximum absolute atomic E-state index is 12.5. The molecule has 11 nitrogen and oxygen atoms in total. The van der Waals surface area contributed by atoms with Crippen molar-refractivity contribution in [3.63, 3.8) is 0 Å². The van der Waals surface area contributed by atoms with Gasteiger partial charge in [-0.15, -0.1) is 0 Å². The molecule has 0 aliphatic carbocycles. The van der Waals surface area contributed by atoms with Gasteiger partial charge in [0.2, 0.25) is 0 Å². The average molecular weight is 746 g/mol. The van der Waals surface area contributed by atoms with Gasteiger partial charge in [-0.3, -0.25) is 4.55 Å². The first kappa shape index (κ1) is 40.4. The second-order valence-corrected chi connectivity index (χ2v) is 11.8. The van der Waals surface area contributed by atoms with E-state index in [4.69, 9.17) is 29.9 Å². The van der Waals surface area contributed by atoms with Crippen LogP contribution in [0.25, 0.3) is 89.7 Å². The van der Waals surface area contributed by atoms with Gasteiger partial charge in [-0.05, 0) is 6.07 Å². The fraction of sp³-hybridized carbons (Fsp3) is 0. The fourth-order valence-electron chi connectivity index (χ4n) is 5.87. The van der Waals surface area contributed by atoms with Crippen LogP contribution in [0, 0.1) is 0 Å². The Morgan fingerprint density at radius 2 is 0.796 bits per heavy atom. The molecule has 7 aromatic rings. The van der Waals surface area contributed by atoms with Crippen LogP contribution in [0.2, 0.25) is 0 Å². The molecular weight excluding hydrogens is 724 g/mol. The van der Waals surface area contributed by atoms with E-state index in [1.165, 1.54) is 6.07 Å². The SMILES string of the molecule is O=S(=O)(O)c1cccc2c3nc4nc(nc5[nH]c(nc6nc(nc([nH]3)c12)-c1ccccc1-6)c1ccccc51)-c1ccccc1-4.[Fe].[NaH].[NaH].[NaH].[NaH]. The Hall–Kier alpha value is -1.33. The zero-order chi connectivity index (χ0) is 29.6. The third kappa shape index (κ3) is 6.96. The van der Waals surface area contributed by atoms with Crippen LogP contribution < -0.4 is 0 Å². The number of fused-ring (bicyclic) bond motifs is 20. The summed E-state index contributed by atoms with van der Waals surface area (Å²) >= 11 is 0. The number of hydrogen-bond donors (Lipinski definition) is 3. The minimum absolute atomic E-state index is 0. The summed E-state index contributed by atoms with van der Waals surface area (Å²) in [6.45, 7) is 0. The summed E-state index contributed by atoms with van der Waals surface area (Å²) in [6.07, 6.45) is 0. The second kappa shape index (κ2) is 15.7. The standard InChI is InChI=1S/C32H18N8O3S.Fe.4Na.4H/c41-44(42,43)23-15-7-14-22-24(23)32-39-30-21-13-6-5-12-20(21)28(37-30)35-26-17-9-2-1-8-16(17)25(33-26)34-27-18-10-3-4-11-19(18)29(36-27)38-31(22)40-32;;;;;;;;;/h1-15H,(H,41,42,43)(H2,33,34,35,36,37,38,39,40);;;;;;;;;. The van der Waals surface area contributed by atoms with Crippen LogP contribution in [0.4, 0.5) is 0 Å². The van der Waals surface area contributed by atoms with E-state index < -0.39 is 10.1 Å². The predicted octanol–water partition coefficient (Wildman–Crippen LogP) is 3.52. The third-order valence-corrected chi connectivity index (χ3v) is 8.72. The van der Waals surface area contributed by atoms with Crippen LogP contribution in [0.3, 0.4) is 0 Å². The summed E-state index contributed by atoms with van der Waals surface area (Å²) in [5.41, 5.74) is 4.68. The van der Waals surface area contributed by atoms with Gasteiger partial charge in [0.15, 0.2) is 23.3 Å². The van der Waals surface area contributed by atoms with E-state index in [1.807, 2.05) is 72.8 Å². The Kier molecular flexibility index (Phi) is 13.0. The molecule has 0 amide bonds. The molecule has 9 rings (SSSR count).